The Labute approximate surface area is 116 Å². The summed E-state index contributed by atoms with van der Waals surface area (Å²) in [5.41, 5.74) is 5.11. The summed E-state index contributed by atoms with van der Waals surface area (Å²) in [5, 5.41) is 18.4. The third-order valence-corrected chi connectivity index (χ3v) is 3.48. The summed E-state index contributed by atoms with van der Waals surface area (Å²) < 4.78 is 1.85. The molecule has 0 radical (unpaired) electrons. The highest BCUT2D eigenvalue weighted by Crippen LogP contribution is 2.32. The molecule has 2 aromatic heterocycles. The lowest BCUT2D eigenvalue weighted by atomic mass is 10.0. The molecule has 0 aliphatic carbocycles. The predicted molar refractivity (Wildman–Crippen MR) is 77.0 cm³/mol. The molecular formula is C17H11N3. The molecule has 0 N–H and O–H groups in total. The Kier molecular flexibility index (Phi) is 2.75. The minimum Gasteiger partial charge on any atom is -0.307 e. The number of benzene rings is 1. The van der Waals surface area contributed by atoms with Gasteiger partial charge in [0.2, 0.25) is 0 Å². The monoisotopic (exact) mass is 257 g/mol. The zero-order chi connectivity index (χ0) is 14.1. The number of rotatable bonds is 1. The lowest BCUT2D eigenvalue weighted by Gasteiger charge is -2.02. The van der Waals surface area contributed by atoms with Crippen LogP contribution < -0.4 is 0 Å². The second kappa shape index (κ2) is 4.57. The molecule has 3 heteroatoms. The summed E-state index contributed by atoms with van der Waals surface area (Å²) in [6, 6.07) is 17.9. The van der Waals surface area contributed by atoms with E-state index < -0.39 is 0 Å². The lowest BCUT2D eigenvalue weighted by Crippen LogP contribution is -1.88. The molecule has 0 amide bonds. The molecule has 0 fully saturated rings. The van der Waals surface area contributed by atoms with Crippen molar-refractivity contribution in [2.75, 3.05) is 0 Å². The second-order valence-electron chi connectivity index (χ2n) is 4.61. The van der Waals surface area contributed by atoms with Gasteiger partial charge in [-0.3, -0.25) is 0 Å². The van der Waals surface area contributed by atoms with Gasteiger partial charge in [-0.1, -0.05) is 30.3 Å². The van der Waals surface area contributed by atoms with E-state index in [1.54, 1.807) is 12.3 Å². The van der Waals surface area contributed by atoms with Crippen LogP contribution in [0.4, 0.5) is 0 Å². The van der Waals surface area contributed by atoms with E-state index in [2.05, 4.69) is 12.1 Å². The van der Waals surface area contributed by atoms with Crippen LogP contribution in [0.15, 0.2) is 48.7 Å². The first-order valence-electron chi connectivity index (χ1n) is 6.26. The number of hydrogen-bond donors (Lipinski definition) is 0. The van der Waals surface area contributed by atoms with Gasteiger partial charge in [-0.2, -0.15) is 10.5 Å². The molecular weight excluding hydrogens is 246 g/mol. The van der Waals surface area contributed by atoms with E-state index in [1.807, 2.05) is 47.7 Å². The molecule has 20 heavy (non-hydrogen) atoms. The molecule has 0 saturated heterocycles. The fraction of sp³-hybridized carbons (Fsp3) is 0.0588. The van der Waals surface area contributed by atoms with Crippen molar-refractivity contribution in [2.24, 2.45) is 0 Å². The van der Waals surface area contributed by atoms with Crippen molar-refractivity contribution in [3.8, 4) is 23.3 Å². The smallest absolute Gasteiger partial charge is 0.128 e. The third kappa shape index (κ3) is 1.66. The molecule has 2 heterocycles. The number of fused-ring (bicyclic) bond motifs is 1. The average Bonchev–Trinajstić information content (AvgIpc) is 2.78. The molecule has 3 rings (SSSR count). The van der Waals surface area contributed by atoms with Crippen LogP contribution in [0, 0.1) is 29.6 Å². The van der Waals surface area contributed by atoms with Crippen LogP contribution in [0.25, 0.3) is 16.6 Å². The molecule has 3 nitrogen and oxygen atoms in total. The van der Waals surface area contributed by atoms with Gasteiger partial charge in [0.25, 0.3) is 0 Å². The highest BCUT2D eigenvalue weighted by Gasteiger charge is 2.16. The Morgan fingerprint density at radius 2 is 1.75 bits per heavy atom. The van der Waals surface area contributed by atoms with Crippen LogP contribution in [-0.2, 0) is 0 Å². The largest absolute Gasteiger partial charge is 0.307 e. The second-order valence-corrected chi connectivity index (χ2v) is 4.61. The van der Waals surface area contributed by atoms with Crippen molar-refractivity contribution >= 4 is 5.52 Å². The van der Waals surface area contributed by atoms with E-state index in [0.29, 0.717) is 11.3 Å². The molecule has 94 valence electrons. The summed E-state index contributed by atoms with van der Waals surface area (Å²) in [6.45, 7) is 1.94. The molecule has 0 unspecified atom stereocenters. The molecule has 0 atom stereocenters. The highest BCUT2D eigenvalue weighted by molar-refractivity contribution is 5.86. The quantitative estimate of drug-likeness (QED) is 0.668. The molecule has 1 aromatic carbocycles. The van der Waals surface area contributed by atoms with Crippen molar-refractivity contribution in [2.45, 2.75) is 6.92 Å². The van der Waals surface area contributed by atoms with Gasteiger partial charge in [0.05, 0.1) is 17.1 Å². The van der Waals surface area contributed by atoms with Crippen molar-refractivity contribution in [3.05, 3.63) is 65.5 Å². The maximum atomic E-state index is 9.37. The third-order valence-electron chi connectivity index (χ3n) is 3.48. The first kappa shape index (κ1) is 12.0. The van der Waals surface area contributed by atoms with Crippen molar-refractivity contribution in [1.82, 2.24) is 4.40 Å². The molecule has 0 saturated carbocycles. The molecule has 0 aliphatic heterocycles. The topological polar surface area (TPSA) is 52.0 Å². The first-order chi connectivity index (χ1) is 9.76. The fourth-order valence-electron chi connectivity index (χ4n) is 2.56. The van der Waals surface area contributed by atoms with E-state index in [1.165, 1.54) is 0 Å². The van der Waals surface area contributed by atoms with Crippen LogP contribution in [-0.4, -0.2) is 4.40 Å². The van der Waals surface area contributed by atoms with Crippen LogP contribution in [0.5, 0.6) is 0 Å². The van der Waals surface area contributed by atoms with Crippen LogP contribution >= 0.6 is 0 Å². The van der Waals surface area contributed by atoms with Crippen LogP contribution in [0.1, 0.15) is 16.8 Å². The van der Waals surface area contributed by atoms with E-state index in [-0.39, 0.29) is 0 Å². The number of pyridine rings is 1. The maximum absolute atomic E-state index is 9.37. The van der Waals surface area contributed by atoms with Gasteiger partial charge in [-0.15, -0.1) is 0 Å². The molecule has 0 bridgehead atoms. The molecule has 0 spiro atoms. The van der Waals surface area contributed by atoms with E-state index >= 15 is 0 Å². The van der Waals surface area contributed by atoms with Crippen LogP contribution in [0.3, 0.4) is 0 Å². The zero-order valence-electron chi connectivity index (χ0n) is 11.0. The van der Waals surface area contributed by atoms with Gasteiger partial charge in [0.15, 0.2) is 0 Å². The minimum atomic E-state index is 0.594. The Morgan fingerprint density at radius 3 is 2.40 bits per heavy atom. The van der Waals surface area contributed by atoms with Gasteiger partial charge < -0.3 is 4.40 Å². The lowest BCUT2D eigenvalue weighted by molar-refractivity contribution is 1.14. The standard InChI is InChI=1S/C17H11N3/c1-12-16(11-19)20-8-7-13(10-18)9-15(20)17(12)14-5-3-2-4-6-14/h2-9H,1H3. The maximum Gasteiger partial charge on any atom is 0.128 e. The number of nitrogens with zero attached hydrogens (tertiary/aromatic N) is 3. The van der Waals surface area contributed by atoms with Gasteiger partial charge in [-0.25, -0.2) is 0 Å². The average molecular weight is 257 g/mol. The summed E-state index contributed by atoms with van der Waals surface area (Å²) in [6.07, 6.45) is 1.78. The number of nitriles is 2. The van der Waals surface area contributed by atoms with E-state index in [0.717, 1.165) is 22.2 Å². The summed E-state index contributed by atoms with van der Waals surface area (Å²) in [5.74, 6) is 0. The normalized spacial score (nSPS) is 10.2. The highest BCUT2D eigenvalue weighted by atomic mass is 14.9. The molecule has 3 aromatic rings. The summed E-state index contributed by atoms with van der Waals surface area (Å²) in [4.78, 5) is 0. The van der Waals surface area contributed by atoms with Gasteiger partial charge in [-0.05, 0) is 30.2 Å². The minimum absolute atomic E-state index is 0.594. The number of hydrogen-bond acceptors (Lipinski definition) is 2. The van der Waals surface area contributed by atoms with E-state index in [9.17, 15) is 5.26 Å². The van der Waals surface area contributed by atoms with Crippen molar-refractivity contribution < 1.29 is 0 Å². The predicted octanol–water partition coefficient (Wildman–Crippen LogP) is 3.66. The van der Waals surface area contributed by atoms with Gasteiger partial charge in [0.1, 0.15) is 11.8 Å². The Balaban J connectivity index is 2.45. The fourth-order valence-corrected chi connectivity index (χ4v) is 2.56. The Morgan fingerprint density at radius 1 is 1.00 bits per heavy atom. The van der Waals surface area contributed by atoms with Gasteiger partial charge in [0, 0.05) is 11.8 Å². The van der Waals surface area contributed by atoms with Gasteiger partial charge >= 0.3 is 0 Å². The van der Waals surface area contributed by atoms with Crippen molar-refractivity contribution in [1.29, 1.82) is 10.5 Å². The van der Waals surface area contributed by atoms with Crippen molar-refractivity contribution in [3.63, 3.8) is 0 Å². The first-order valence-corrected chi connectivity index (χ1v) is 6.26. The van der Waals surface area contributed by atoms with E-state index in [4.69, 9.17) is 5.26 Å². The zero-order valence-corrected chi connectivity index (χ0v) is 11.0. The Bertz CT molecular complexity index is 874. The SMILES string of the molecule is Cc1c(-c2ccccc2)c2cc(C#N)ccn2c1C#N. The summed E-state index contributed by atoms with van der Waals surface area (Å²) in [7, 11) is 0. The summed E-state index contributed by atoms with van der Waals surface area (Å²) >= 11 is 0. The number of aromatic nitrogens is 1. The Hall–Kier alpha value is -3.04. The van der Waals surface area contributed by atoms with Crippen LogP contribution in [0.2, 0.25) is 0 Å². The molecule has 0 aliphatic rings.